The van der Waals surface area contributed by atoms with Gasteiger partial charge in [0.05, 0.1) is 6.54 Å². The number of likely N-dealkylation sites (N-methyl/N-ethyl adjacent to an activating group) is 1. The lowest BCUT2D eigenvalue weighted by Crippen LogP contribution is -2.47. The lowest BCUT2D eigenvalue weighted by Gasteiger charge is -2.27. The van der Waals surface area contributed by atoms with Gasteiger partial charge in [0.2, 0.25) is 17.7 Å². The number of hydrogen-bond donors (Lipinski definition) is 2. The van der Waals surface area contributed by atoms with Gasteiger partial charge in [-0.1, -0.05) is 18.2 Å². The molecule has 6 nitrogen and oxygen atoms in total. The van der Waals surface area contributed by atoms with Crippen LogP contribution in [-0.2, 0) is 20.8 Å². The second-order valence-corrected chi connectivity index (χ2v) is 7.79. The van der Waals surface area contributed by atoms with Crippen LogP contribution in [-0.4, -0.2) is 41.2 Å². The normalized spacial score (nSPS) is 16.5. The van der Waals surface area contributed by atoms with Gasteiger partial charge in [-0.05, 0) is 52.2 Å². The summed E-state index contributed by atoms with van der Waals surface area (Å²) in [6.45, 7) is 8.09. The van der Waals surface area contributed by atoms with Crippen LogP contribution in [0.5, 0.6) is 0 Å². The molecule has 142 valence electrons. The van der Waals surface area contributed by atoms with Gasteiger partial charge in [0.1, 0.15) is 0 Å². The highest BCUT2D eigenvalue weighted by Gasteiger charge is 2.27. The van der Waals surface area contributed by atoms with Crippen LogP contribution in [0.2, 0.25) is 0 Å². The molecule has 3 amide bonds. The largest absolute Gasteiger partial charge is 0.350 e. The van der Waals surface area contributed by atoms with Gasteiger partial charge in [-0.15, -0.1) is 0 Å². The third-order valence-electron chi connectivity index (χ3n) is 4.40. The zero-order valence-electron chi connectivity index (χ0n) is 16.1. The second kappa shape index (κ2) is 8.34. The second-order valence-electron chi connectivity index (χ2n) is 7.79. The van der Waals surface area contributed by atoms with Gasteiger partial charge >= 0.3 is 0 Å². The Bertz CT molecular complexity index is 679. The SMILES string of the molecule is CCN(CC(=O)NC(C)(C)C)C(=O)CCC1Cc2ccccc2NC1=O. The average molecular weight is 359 g/mol. The standard InChI is InChI=1S/C20H29N3O3/c1-5-23(13-17(24)22-20(2,3)4)18(25)11-10-15-12-14-8-6-7-9-16(14)21-19(15)26/h6-9,15H,5,10-13H2,1-4H3,(H,21,26)(H,22,24). The van der Waals surface area contributed by atoms with Crippen molar-refractivity contribution in [2.24, 2.45) is 5.92 Å². The van der Waals surface area contributed by atoms with E-state index >= 15 is 0 Å². The number of amides is 3. The number of hydrogen-bond acceptors (Lipinski definition) is 3. The molecule has 26 heavy (non-hydrogen) atoms. The Kier molecular flexibility index (Phi) is 6.40. The first kappa shape index (κ1) is 19.9. The van der Waals surface area contributed by atoms with Crippen LogP contribution in [0, 0.1) is 5.92 Å². The number of fused-ring (bicyclic) bond motifs is 1. The molecule has 0 bridgehead atoms. The average Bonchev–Trinajstić information content (AvgIpc) is 2.55. The zero-order valence-corrected chi connectivity index (χ0v) is 16.1. The summed E-state index contributed by atoms with van der Waals surface area (Å²) in [7, 11) is 0. The lowest BCUT2D eigenvalue weighted by molar-refractivity contribution is -0.136. The van der Waals surface area contributed by atoms with Crippen molar-refractivity contribution in [1.82, 2.24) is 10.2 Å². The molecule has 1 atom stereocenters. The number of nitrogens with one attached hydrogen (secondary N) is 2. The van der Waals surface area contributed by atoms with Crippen LogP contribution >= 0.6 is 0 Å². The number of anilines is 1. The summed E-state index contributed by atoms with van der Waals surface area (Å²) in [5, 5.41) is 5.77. The van der Waals surface area contributed by atoms with Gasteiger partial charge in [-0.3, -0.25) is 14.4 Å². The van der Waals surface area contributed by atoms with E-state index < -0.39 is 0 Å². The van der Waals surface area contributed by atoms with Crippen molar-refractivity contribution in [3.05, 3.63) is 29.8 Å². The maximum Gasteiger partial charge on any atom is 0.240 e. The predicted molar refractivity (Wildman–Crippen MR) is 102 cm³/mol. The first-order chi connectivity index (χ1) is 12.2. The van der Waals surface area contributed by atoms with E-state index in [4.69, 9.17) is 0 Å². The first-order valence-electron chi connectivity index (χ1n) is 9.17. The maximum atomic E-state index is 12.5. The Morgan fingerprint density at radius 2 is 1.96 bits per heavy atom. The van der Waals surface area contributed by atoms with E-state index in [1.54, 1.807) is 0 Å². The van der Waals surface area contributed by atoms with Crippen LogP contribution in [0.3, 0.4) is 0 Å². The van der Waals surface area contributed by atoms with Crippen LogP contribution in [0.25, 0.3) is 0 Å². The summed E-state index contributed by atoms with van der Waals surface area (Å²) in [5.74, 6) is -0.513. The molecule has 6 heteroatoms. The van der Waals surface area contributed by atoms with Crippen molar-refractivity contribution >= 4 is 23.4 Å². The van der Waals surface area contributed by atoms with Gasteiger partial charge in [-0.25, -0.2) is 0 Å². The minimum atomic E-state index is -0.326. The van der Waals surface area contributed by atoms with E-state index in [0.717, 1.165) is 11.3 Å². The Morgan fingerprint density at radius 3 is 2.62 bits per heavy atom. The molecule has 2 N–H and O–H groups in total. The highest BCUT2D eigenvalue weighted by molar-refractivity contribution is 5.96. The maximum absolute atomic E-state index is 12.5. The molecular formula is C20H29N3O3. The molecule has 0 fully saturated rings. The van der Waals surface area contributed by atoms with E-state index in [1.165, 1.54) is 4.90 Å². The smallest absolute Gasteiger partial charge is 0.240 e. The van der Waals surface area contributed by atoms with Crippen molar-refractivity contribution in [3.63, 3.8) is 0 Å². The summed E-state index contributed by atoms with van der Waals surface area (Å²) in [5.41, 5.74) is 1.63. The number of carbonyl (C=O) groups excluding carboxylic acids is 3. The number of para-hydroxylation sites is 1. The zero-order chi connectivity index (χ0) is 19.3. The number of benzene rings is 1. The van der Waals surface area contributed by atoms with Crippen molar-refractivity contribution in [3.8, 4) is 0 Å². The summed E-state index contributed by atoms with van der Waals surface area (Å²) in [4.78, 5) is 38.3. The Labute approximate surface area is 155 Å². The molecule has 0 spiro atoms. The third-order valence-corrected chi connectivity index (χ3v) is 4.40. The topological polar surface area (TPSA) is 78.5 Å². The summed E-state index contributed by atoms with van der Waals surface area (Å²) in [6.07, 6.45) is 1.39. The minimum Gasteiger partial charge on any atom is -0.350 e. The molecule has 1 aromatic carbocycles. The number of rotatable bonds is 6. The predicted octanol–water partition coefficient (Wildman–Crippen LogP) is 2.34. The quantitative estimate of drug-likeness (QED) is 0.818. The van der Waals surface area contributed by atoms with Gasteiger partial charge in [0.15, 0.2) is 0 Å². The fraction of sp³-hybridized carbons (Fsp3) is 0.550. The molecule has 0 aromatic heterocycles. The van der Waals surface area contributed by atoms with Gasteiger partial charge in [-0.2, -0.15) is 0 Å². The molecule has 1 aliphatic heterocycles. The van der Waals surface area contributed by atoms with E-state index in [2.05, 4.69) is 10.6 Å². The van der Waals surface area contributed by atoms with E-state index in [0.29, 0.717) is 19.4 Å². The highest BCUT2D eigenvalue weighted by Crippen LogP contribution is 2.27. The number of nitrogens with zero attached hydrogens (tertiary/aromatic N) is 1. The van der Waals surface area contributed by atoms with Crippen LogP contribution in [0.15, 0.2) is 24.3 Å². The van der Waals surface area contributed by atoms with Gasteiger partial charge < -0.3 is 15.5 Å². The van der Waals surface area contributed by atoms with Crippen LogP contribution in [0.1, 0.15) is 46.1 Å². The fourth-order valence-electron chi connectivity index (χ4n) is 3.11. The fourth-order valence-corrected chi connectivity index (χ4v) is 3.11. The van der Waals surface area contributed by atoms with Crippen molar-refractivity contribution < 1.29 is 14.4 Å². The molecular weight excluding hydrogens is 330 g/mol. The Balaban J connectivity index is 1.88. The molecule has 0 aliphatic carbocycles. The third kappa shape index (κ3) is 5.58. The van der Waals surface area contributed by atoms with Crippen molar-refractivity contribution in [2.75, 3.05) is 18.4 Å². The van der Waals surface area contributed by atoms with Crippen LogP contribution in [0.4, 0.5) is 5.69 Å². The number of carbonyl (C=O) groups is 3. The summed E-state index contributed by atoms with van der Waals surface area (Å²) >= 11 is 0. The molecule has 1 aromatic rings. The molecule has 0 saturated heterocycles. The lowest BCUT2D eigenvalue weighted by atomic mass is 9.89. The van der Waals surface area contributed by atoms with Crippen LogP contribution < -0.4 is 10.6 Å². The van der Waals surface area contributed by atoms with E-state index in [1.807, 2.05) is 52.0 Å². The first-order valence-corrected chi connectivity index (χ1v) is 9.17. The van der Waals surface area contributed by atoms with Crippen molar-refractivity contribution in [1.29, 1.82) is 0 Å². The summed E-state index contributed by atoms with van der Waals surface area (Å²) in [6, 6.07) is 7.73. The Morgan fingerprint density at radius 1 is 1.27 bits per heavy atom. The molecule has 1 heterocycles. The van der Waals surface area contributed by atoms with Crippen molar-refractivity contribution in [2.45, 2.75) is 52.5 Å². The van der Waals surface area contributed by atoms with Gasteiger partial charge in [0.25, 0.3) is 0 Å². The minimum absolute atomic E-state index is 0.0370. The molecule has 2 rings (SSSR count). The monoisotopic (exact) mass is 359 g/mol. The molecule has 0 saturated carbocycles. The Hall–Kier alpha value is -2.37. The van der Waals surface area contributed by atoms with Gasteiger partial charge in [0, 0.05) is 30.1 Å². The molecule has 1 unspecified atom stereocenters. The van der Waals surface area contributed by atoms with E-state index in [-0.39, 0.29) is 42.1 Å². The highest BCUT2D eigenvalue weighted by atomic mass is 16.2. The van der Waals surface area contributed by atoms with E-state index in [9.17, 15) is 14.4 Å². The molecule has 0 radical (unpaired) electrons. The summed E-state index contributed by atoms with van der Waals surface area (Å²) < 4.78 is 0. The molecule has 1 aliphatic rings.